The van der Waals surface area contributed by atoms with E-state index in [4.69, 9.17) is 5.73 Å². The zero-order valence-corrected chi connectivity index (χ0v) is 19.3. The van der Waals surface area contributed by atoms with E-state index in [-0.39, 0.29) is 17.5 Å². The predicted octanol–water partition coefficient (Wildman–Crippen LogP) is 4.83. The summed E-state index contributed by atoms with van der Waals surface area (Å²) in [7, 11) is 0. The number of nitrogens with zero attached hydrogens (tertiary/aromatic N) is 4. The lowest BCUT2D eigenvalue weighted by Crippen LogP contribution is -2.36. The van der Waals surface area contributed by atoms with E-state index in [0.717, 1.165) is 30.5 Å². The number of nitrogens with two attached hydrogens (primary N) is 1. The number of aromatic nitrogens is 3. The van der Waals surface area contributed by atoms with Crippen LogP contribution in [-0.4, -0.2) is 38.8 Å². The van der Waals surface area contributed by atoms with Crippen molar-refractivity contribution < 1.29 is 18.0 Å². The van der Waals surface area contributed by atoms with Crippen LogP contribution >= 0.6 is 0 Å². The first-order valence-corrected chi connectivity index (χ1v) is 11.1. The number of likely N-dealkylation sites (tertiary alicyclic amines) is 1. The van der Waals surface area contributed by atoms with E-state index in [1.165, 1.54) is 6.07 Å². The summed E-state index contributed by atoms with van der Waals surface area (Å²) < 4.78 is 39.8. The molecule has 1 amide bonds. The minimum atomic E-state index is -4.49. The fraction of sp³-hybridized carbons (Fsp3) is 0.417. The van der Waals surface area contributed by atoms with Crippen LogP contribution in [0, 0.1) is 6.92 Å². The van der Waals surface area contributed by atoms with Gasteiger partial charge in [0.1, 0.15) is 11.6 Å². The number of benzene rings is 1. The molecule has 1 aliphatic rings. The van der Waals surface area contributed by atoms with Crippen LogP contribution in [0.1, 0.15) is 61.2 Å². The molecule has 1 aliphatic heterocycles. The van der Waals surface area contributed by atoms with Gasteiger partial charge in [-0.1, -0.05) is 0 Å². The van der Waals surface area contributed by atoms with Gasteiger partial charge in [-0.2, -0.15) is 13.2 Å². The van der Waals surface area contributed by atoms with Crippen LogP contribution < -0.4 is 11.1 Å². The number of carbonyl (C=O) groups is 1. The van der Waals surface area contributed by atoms with Crippen LogP contribution in [0.5, 0.6) is 0 Å². The second-order valence-electron chi connectivity index (χ2n) is 8.79. The first kappa shape index (κ1) is 23.7. The number of aryl methyl sites for hydroxylation is 1. The van der Waals surface area contributed by atoms with Gasteiger partial charge in [-0.15, -0.1) is 0 Å². The number of fused-ring (bicyclic) bond motifs is 1. The van der Waals surface area contributed by atoms with Gasteiger partial charge in [0, 0.05) is 31.9 Å². The molecule has 10 heteroatoms. The molecule has 2 aromatic heterocycles. The van der Waals surface area contributed by atoms with Crippen molar-refractivity contribution in [1.29, 1.82) is 0 Å². The van der Waals surface area contributed by atoms with Crippen molar-refractivity contribution >= 4 is 28.4 Å². The molecule has 1 aromatic carbocycles. The fourth-order valence-corrected chi connectivity index (χ4v) is 4.38. The number of amides is 1. The summed E-state index contributed by atoms with van der Waals surface area (Å²) in [4.78, 5) is 26.9. The molecule has 0 spiro atoms. The molecule has 4 rings (SSSR count). The quantitative estimate of drug-likeness (QED) is 0.528. The normalized spacial score (nSPS) is 16.0. The third-order valence-corrected chi connectivity index (χ3v) is 6.25. The first-order chi connectivity index (χ1) is 16.0. The van der Waals surface area contributed by atoms with Crippen molar-refractivity contribution in [3.8, 4) is 0 Å². The molecule has 3 heterocycles. The van der Waals surface area contributed by atoms with E-state index in [1.54, 1.807) is 20.8 Å². The lowest BCUT2D eigenvalue weighted by Gasteiger charge is -2.31. The molecular formula is C24H27F3N6O. The summed E-state index contributed by atoms with van der Waals surface area (Å²) in [5.74, 6) is 1.33. The molecule has 1 fully saturated rings. The molecule has 0 radical (unpaired) electrons. The van der Waals surface area contributed by atoms with E-state index in [9.17, 15) is 18.0 Å². The summed E-state index contributed by atoms with van der Waals surface area (Å²) in [5.41, 5.74) is 6.94. The molecule has 3 N–H and O–H groups in total. The number of pyridine rings is 1. The Morgan fingerprint density at radius 1 is 1.18 bits per heavy atom. The summed E-state index contributed by atoms with van der Waals surface area (Å²) in [6.07, 6.45) is -1.01. The Labute approximate surface area is 195 Å². The van der Waals surface area contributed by atoms with Gasteiger partial charge in [0.2, 0.25) is 5.91 Å². The molecule has 180 valence electrons. The Morgan fingerprint density at radius 3 is 2.53 bits per heavy atom. The number of rotatable bonds is 4. The largest absolute Gasteiger partial charge is 0.416 e. The van der Waals surface area contributed by atoms with Crippen molar-refractivity contribution in [3.05, 3.63) is 53.0 Å². The van der Waals surface area contributed by atoms with Gasteiger partial charge in [-0.25, -0.2) is 15.0 Å². The maximum absolute atomic E-state index is 13.3. The molecule has 3 aromatic rings. The average molecular weight is 473 g/mol. The molecular weight excluding hydrogens is 445 g/mol. The van der Waals surface area contributed by atoms with Crippen molar-refractivity contribution in [1.82, 2.24) is 19.9 Å². The molecule has 34 heavy (non-hydrogen) atoms. The Hall–Kier alpha value is -3.43. The van der Waals surface area contributed by atoms with E-state index < -0.39 is 17.8 Å². The van der Waals surface area contributed by atoms with E-state index in [0.29, 0.717) is 41.3 Å². The lowest BCUT2D eigenvalue weighted by molar-refractivity contribution is -0.137. The summed E-state index contributed by atoms with van der Waals surface area (Å²) >= 11 is 0. The maximum atomic E-state index is 13.3. The highest BCUT2D eigenvalue weighted by atomic mass is 19.4. The smallest absolute Gasteiger partial charge is 0.399 e. The fourth-order valence-electron chi connectivity index (χ4n) is 4.38. The highest BCUT2D eigenvalue weighted by Crippen LogP contribution is 2.35. The monoisotopic (exact) mass is 472 g/mol. The Kier molecular flexibility index (Phi) is 6.33. The molecule has 0 bridgehead atoms. The van der Waals surface area contributed by atoms with Gasteiger partial charge in [-0.05, 0) is 68.0 Å². The molecule has 1 saturated heterocycles. The van der Waals surface area contributed by atoms with Crippen molar-refractivity contribution in [2.45, 2.75) is 51.7 Å². The minimum absolute atomic E-state index is 0.0445. The van der Waals surface area contributed by atoms with Crippen LogP contribution in [0.15, 0.2) is 30.5 Å². The number of nitrogens with one attached hydrogen (secondary N) is 1. The minimum Gasteiger partial charge on any atom is -0.399 e. The SMILES string of the molecule is CC(=O)N1CCC(c2cnc3nc(C)nc(NC(C)c4cc(N)cc(C(F)(F)F)c4)c3c2)CC1. The third kappa shape index (κ3) is 5.05. The molecule has 1 atom stereocenters. The van der Waals surface area contributed by atoms with Crippen molar-refractivity contribution in [2.75, 3.05) is 24.1 Å². The van der Waals surface area contributed by atoms with Crippen molar-refractivity contribution in [2.24, 2.45) is 0 Å². The number of hydrogen-bond donors (Lipinski definition) is 2. The van der Waals surface area contributed by atoms with Gasteiger partial charge in [0.25, 0.3) is 0 Å². The number of carbonyl (C=O) groups excluding carboxylic acids is 1. The molecule has 0 saturated carbocycles. The highest BCUT2D eigenvalue weighted by molar-refractivity contribution is 5.87. The number of anilines is 2. The van der Waals surface area contributed by atoms with Crippen LogP contribution in [-0.2, 0) is 11.0 Å². The van der Waals surface area contributed by atoms with Gasteiger partial charge in [-0.3, -0.25) is 4.79 Å². The zero-order valence-electron chi connectivity index (χ0n) is 19.3. The van der Waals surface area contributed by atoms with Crippen LogP contribution in [0.25, 0.3) is 11.0 Å². The highest BCUT2D eigenvalue weighted by Gasteiger charge is 2.31. The van der Waals surface area contributed by atoms with E-state index in [1.807, 2.05) is 17.2 Å². The molecule has 1 unspecified atom stereocenters. The van der Waals surface area contributed by atoms with Gasteiger partial charge in [0.15, 0.2) is 5.65 Å². The number of halogens is 3. The zero-order chi connectivity index (χ0) is 24.6. The molecule has 0 aliphatic carbocycles. The number of nitrogen functional groups attached to an aromatic ring is 1. The summed E-state index contributed by atoms with van der Waals surface area (Å²) in [6.45, 7) is 6.47. The van der Waals surface area contributed by atoms with E-state index in [2.05, 4.69) is 20.3 Å². The van der Waals surface area contributed by atoms with Gasteiger partial charge < -0.3 is 16.0 Å². The standard InChI is InChI=1S/C24H27F3N6O/c1-13(17-8-19(24(25,26)27)11-20(28)9-17)30-23-21-10-18(12-29-22(21)31-14(2)32-23)16-4-6-33(7-5-16)15(3)34/h8-13,16H,4-7,28H2,1-3H3,(H,29,30,31,32). The Morgan fingerprint density at radius 2 is 1.88 bits per heavy atom. The second-order valence-corrected chi connectivity index (χ2v) is 8.79. The molecule has 7 nitrogen and oxygen atoms in total. The van der Waals surface area contributed by atoms with Crippen molar-refractivity contribution in [3.63, 3.8) is 0 Å². The van der Waals surface area contributed by atoms with Crippen LogP contribution in [0.3, 0.4) is 0 Å². The van der Waals surface area contributed by atoms with Crippen LogP contribution in [0.2, 0.25) is 0 Å². The van der Waals surface area contributed by atoms with E-state index >= 15 is 0 Å². The number of hydrogen-bond acceptors (Lipinski definition) is 6. The maximum Gasteiger partial charge on any atom is 0.416 e. The third-order valence-electron chi connectivity index (χ3n) is 6.25. The Bertz CT molecular complexity index is 1220. The van der Waals surface area contributed by atoms with Gasteiger partial charge in [0.05, 0.1) is 17.0 Å². The summed E-state index contributed by atoms with van der Waals surface area (Å²) in [6, 6.07) is 5.04. The predicted molar refractivity (Wildman–Crippen MR) is 124 cm³/mol. The topological polar surface area (TPSA) is 97.0 Å². The average Bonchev–Trinajstić information content (AvgIpc) is 2.77. The number of alkyl halides is 3. The second kappa shape index (κ2) is 9.08. The number of piperidine rings is 1. The first-order valence-electron chi connectivity index (χ1n) is 11.1. The lowest BCUT2D eigenvalue weighted by atomic mass is 9.90. The van der Waals surface area contributed by atoms with Crippen LogP contribution in [0.4, 0.5) is 24.7 Å². The Balaban J connectivity index is 1.64. The summed E-state index contributed by atoms with van der Waals surface area (Å²) in [5, 5.41) is 3.93. The van der Waals surface area contributed by atoms with Gasteiger partial charge >= 0.3 is 6.18 Å².